The second-order valence-electron chi connectivity index (χ2n) is 6.43. The Morgan fingerprint density at radius 3 is 2.65 bits per heavy atom. The van der Waals surface area contributed by atoms with Gasteiger partial charge in [0.25, 0.3) is 0 Å². The van der Waals surface area contributed by atoms with Gasteiger partial charge in [0.1, 0.15) is 5.41 Å². The molecule has 1 heterocycles. The molecule has 1 aliphatic rings. The lowest BCUT2D eigenvalue weighted by Crippen LogP contribution is -2.47. The van der Waals surface area contributed by atoms with Gasteiger partial charge >= 0.3 is 0 Å². The molecule has 23 heavy (non-hydrogen) atoms. The Balaban J connectivity index is 1.96. The Labute approximate surface area is 137 Å². The Morgan fingerprint density at radius 1 is 1.26 bits per heavy atom. The van der Waals surface area contributed by atoms with Crippen molar-refractivity contribution in [2.24, 2.45) is 5.41 Å². The summed E-state index contributed by atoms with van der Waals surface area (Å²) in [4.78, 5) is 24.9. The molecule has 5 nitrogen and oxygen atoms in total. The average Bonchev–Trinajstić information content (AvgIpc) is 3.06. The number of anilines is 1. The lowest BCUT2D eigenvalue weighted by Gasteiger charge is -2.24. The predicted octanol–water partition coefficient (Wildman–Crippen LogP) is 2.51. The molecular formula is C18H26N2O3. The van der Waals surface area contributed by atoms with Crippen molar-refractivity contribution in [2.75, 3.05) is 18.5 Å². The number of para-hydroxylation sites is 1. The molecule has 1 saturated heterocycles. The third-order valence-electron chi connectivity index (χ3n) is 4.30. The summed E-state index contributed by atoms with van der Waals surface area (Å²) in [6.07, 6.45) is 2.87. The maximum Gasteiger partial charge on any atom is 0.239 e. The van der Waals surface area contributed by atoms with E-state index < -0.39 is 5.41 Å². The Hall–Kier alpha value is -1.88. The van der Waals surface area contributed by atoms with Crippen LogP contribution >= 0.6 is 0 Å². The molecule has 0 radical (unpaired) electrons. The van der Waals surface area contributed by atoms with Crippen molar-refractivity contribution < 1.29 is 14.3 Å². The number of hydrogen-bond acceptors (Lipinski definition) is 3. The molecule has 1 aromatic carbocycles. The number of aryl methyl sites for hydroxylation is 1. The van der Waals surface area contributed by atoms with Gasteiger partial charge in [-0.2, -0.15) is 0 Å². The maximum absolute atomic E-state index is 12.5. The molecule has 0 saturated carbocycles. The summed E-state index contributed by atoms with van der Waals surface area (Å²) in [5.41, 5.74) is 0.677. The molecule has 2 amide bonds. The Morgan fingerprint density at radius 2 is 2.00 bits per heavy atom. The number of amides is 2. The van der Waals surface area contributed by atoms with Crippen molar-refractivity contribution >= 4 is 17.5 Å². The van der Waals surface area contributed by atoms with Crippen LogP contribution < -0.4 is 10.6 Å². The van der Waals surface area contributed by atoms with Crippen molar-refractivity contribution in [3.8, 4) is 0 Å². The summed E-state index contributed by atoms with van der Waals surface area (Å²) < 4.78 is 5.49. The topological polar surface area (TPSA) is 67.4 Å². The van der Waals surface area contributed by atoms with Crippen molar-refractivity contribution in [1.29, 1.82) is 0 Å². The van der Waals surface area contributed by atoms with Crippen LogP contribution in [0, 0.1) is 5.41 Å². The first kappa shape index (κ1) is 17.5. The summed E-state index contributed by atoms with van der Waals surface area (Å²) in [6, 6.07) is 7.64. The van der Waals surface area contributed by atoms with E-state index in [1.807, 2.05) is 31.2 Å². The van der Waals surface area contributed by atoms with Gasteiger partial charge in [-0.1, -0.05) is 25.1 Å². The van der Waals surface area contributed by atoms with Gasteiger partial charge in [-0.05, 0) is 44.7 Å². The number of carbonyl (C=O) groups excluding carboxylic acids is 2. The quantitative estimate of drug-likeness (QED) is 0.792. The fourth-order valence-corrected chi connectivity index (χ4v) is 2.57. The molecule has 2 rings (SSSR count). The maximum atomic E-state index is 12.5. The lowest BCUT2D eigenvalue weighted by molar-refractivity contribution is -0.138. The van der Waals surface area contributed by atoms with Crippen LogP contribution in [0.5, 0.6) is 0 Å². The fraction of sp³-hybridized carbons (Fsp3) is 0.556. The second kappa shape index (κ2) is 7.59. The normalized spacial score (nSPS) is 17.8. The van der Waals surface area contributed by atoms with Crippen LogP contribution in [-0.4, -0.2) is 31.1 Å². The van der Waals surface area contributed by atoms with Gasteiger partial charge < -0.3 is 15.4 Å². The van der Waals surface area contributed by atoms with Crippen molar-refractivity contribution in [3.05, 3.63) is 29.8 Å². The van der Waals surface area contributed by atoms with Gasteiger partial charge in [0.15, 0.2) is 0 Å². The minimum Gasteiger partial charge on any atom is -0.376 e. The van der Waals surface area contributed by atoms with Crippen LogP contribution in [-0.2, 0) is 20.7 Å². The number of carbonyl (C=O) groups is 2. The molecule has 126 valence electrons. The first-order valence-electron chi connectivity index (χ1n) is 8.24. The largest absolute Gasteiger partial charge is 0.376 e. The van der Waals surface area contributed by atoms with Gasteiger partial charge in [-0.15, -0.1) is 0 Å². The molecule has 2 N–H and O–H groups in total. The summed E-state index contributed by atoms with van der Waals surface area (Å²) in [7, 11) is 0. The Bertz CT molecular complexity index is 563. The first-order chi connectivity index (χ1) is 10.9. The minimum absolute atomic E-state index is 0.0682. The molecule has 1 fully saturated rings. The second-order valence-corrected chi connectivity index (χ2v) is 6.43. The van der Waals surface area contributed by atoms with Crippen LogP contribution in [0.4, 0.5) is 5.69 Å². The number of nitrogens with one attached hydrogen (secondary N) is 2. The average molecular weight is 318 g/mol. The highest BCUT2D eigenvalue weighted by molar-refractivity contribution is 6.10. The number of rotatable bonds is 6. The summed E-state index contributed by atoms with van der Waals surface area (Å²) in [6.45, 7) is 6.52. The summed E-state index contributed by atoms with van der Waals surface area (Å²) in [5, 5.41) is 5.71. The van der Waals surface area contributed by atoms with Crippen LogP contribution in [0.1, 0.15) is 39.2 Å². The predicted molar refractivity (Wildman–Crippen MR) is 90.2 cm³/mol. The zero-order valence-corrected chi connectivity index (χ0v) is 14.1. The lowest BCUT2D eigenvalue weighted by atomic mass is 9.90. The number of ether oxygens (including phenoxy) is 1. The van der Waals surface area contributed by atoms with Crippen molar-refractivity contribution in [3.63, 3.8) is 0 Å². The van der Waals surface area contributed by atoms with E-state index in [2.05, 4.69) is 10.6 Å². The van der Waals surface area contributed by atoms with Gasteiger partial charge in [0.2, 0.25) is 11.8 Å². The molecule has 1 aromatic rings. The van der Waals surface area contributed by atoms with Crippen LogP contribution in [0.15, 0.2) is 24.3 Å². The fourth-order valence-electron chi connectivity index (χ4n) is 2.57. The zero-order chi connectivity index (χ0) is 16.9. The third-order valence-corrected chi connectivity index (χ3v) is 4.30. The standard InChI is InChI=1S/C18H26N2O3/c1-4-13-8-5-6-10-15(13)20-17(22)18(2,3)16(21)19-12-14-9-7-11-23-14/h5-6,8,10,14H,4,7,9,11-12H2,1-3H3,(H,19,21)(H,20,22). The van der Waals surface area contributed by atoms with Gasteiger partial charge in [-0.3, -0.25) is 9.59 Å². The van der Waals surface area contributed by atoms with E-state index >= 15 is 0 Å². The summed E-state index contributed by atoms with van der Waals surface area (Å²) in [5.74, 6) is -0.581. The molecule has 0 aromatic heterocycles. The molecule has 0 spiro atoms. The Kier molecular flexibility index (Phi) is 5.77. The van der Waals surface area contributed by atoms with Crippen molar-refractivity contribution in [2.45, 2.75) is 46.1 Å². The number of hydrogen-bond donors (Lipinski definition) is 2. The van der Waals surface area contributed by atoms with E-state index in [4.69, 9.17) is 4.74 Å². The van der Waals surface area contributed by atoms with Crippen LogP contribution in [0.25, 0.3) is 0 Å². The van der Waals surface area contributed by atoms with E-state index in [1.165, 1.54) is 0 Å². The SMILES string of the molecule is CCc1ccccc1NC(=O)C(C)(C)C(=O)NCC1CCCO1. The third kappa shape index (κ3) is 4.32. The van der Waals surface area contributed by atoms with E-state index in [1.54, 1.807) is 13.8 Å². The highest BCUT2D eigenvalue weighted by Crippen LogP contribution is 2.22. The molecular weight excluding hydrogens is 292 g/mol. The first-order valence-corrected chi connectivity index (χ1v) is 8.24. The molecule has 0 bridgehead atoms. The number of benzene rings is 1. The molecule has 1 atom stereocenters. The smallest absolute Gasteiger partial charge is 0.239 e. The highest BCUT2D eigenvalue weighted by Gasteiger charge is 2.36. The van der Waals surface area contributed by atoms with Gasteiger partial charge in [0, 0.05) is 18.8 Å². The van der Waals surface area contributed by atoms with Gasteiger partial charge in [-0.25, -0.2) is 0 Å². The minimum atomic E-state index is -1.14. The van der Waals surface area contributed by atoms with E-state index in [0.29, 0.717) is 6.54 Å². The van der Waals surface area contributed by atoms with Gasteiger partial charge in [0.05, 0.1) is 6.10 Å². The van der Waals surface area contributed by atoms with E-state index in [9.17, 15) is 9.59 Å². The van der Waals surface area contributed by atoms with Crippen LogP contribution in [0.3, 0.4) is 0 Å². The molecule has 0 aliphatic carbocycles. The van der Waals surface area contributed by atoms with E-state index in [-0.39, 0.29) is 17.9 Å². The zero-order valence-electron chi connectivity index (χ0n) is 14.1. The highest BCUT2D eigenvalue weighted by atomic mass is 16.5. The van der Waals surface area contributed by atoms with Crippen molar-refractivity contribution in [1.82, 2.24) is 5.32 Å². The molecule has 1 aliphatic heterocycles. The molecule has 5 heteroatoms. The summed E-state index contributed by atoms with van der Waals surface area (Å²) >= 11 is 0. The monoisotopic (exact) mass is 318 g/mol. The van der Waals surface area contributed by atoms with E-state index in [0.717, 1.165) is 37.1 Å². The van der Waals surface area contributed by atoms with Crippen LogP contribution in [0.2, 0.25) is 0 Å². The molecule has 1 unspecified atom stereocenters.